The Kier molecular flexibility index (Phi) is 3.33. The van der Waals surface area contributed by atoms with E-state index in [1.807, 2.05) is 20.0 Å². The summed E-state index contributed by atoms with van der Waals surface area (Å²) in [7, 11) is 0. The van der Waals surface area contributed by atoms with E-state index in [-0.39, 0.29) is 5.38 Å². The molecule has 0 spiro atoms. The Morgan fingerprint density at radius 1 is 1.44 bits per heavy atom. The lowest BCUT2D eigenvalue weighted by Crippen LogP contribution is -2.41. The fourth-order valence-electron chi connectivity index (χ4n) is 2.04. The smallest absolute Gasteiger partial charge is 0.150 e. The summed E-state index contributed by atoms with van der Waals surface area (Å²) < 4.78 is 0. The molecular weight excluding hydrogens is 222 g/mol. The van der Waals surface area contributed by atoms with Crippen LogP contribution < -0.4 is 4.90 Å². The zero-order chi connectivity index (χ0) is 11.7. The number of nitrogens with zero attached hydrogens (tertiary/aromatic N) is 3. The second-order valence-electron chi connectivity index (χ2n) is 4.65. The zero-order valence-electron chi connectivity index (χ0n) is 10.1. The highest BCUT2D eigenvalue weighted by atomic mass is 35.5. The quantitative estimate of drug-likeness (QED) is 0.706. The first-order valence-electron chi connectivity index (χ1n) is 5.77. The number of hydrogen-bond donors (Lipinski definition) is 0. The van der Waals surface area contributed by atoms with E-state index in [9.17, 15) is 0 Å². The first-order valence-corrected chi connectivity index (χ1v) is 6.21. The summed E-state index contributed by atoms with van der Waals surface area (Å²) in [5, 5.41) is 0.218. The summed E-state index contributed by atoms with van der Waals surface area (Å²) in [4.78, 5) is 11.2. The molecule has 1 saturated heterocycles. The van der Waals surface area contributed by atoms with E-state index in [1.54, 1.807) is 0 Å². The lowest BCUT2D eigenvalue weighted by atomic mass is 9.98. The van der Waals surface area contributed by atoms with Crippen molar-refractivity contribution in [2.45, 2.75) is 32.6 Å². The van der Waals surface area contributed by atoms with Gasteiger partial charge in [0.15, 0.2) is 0 Å². The maximum absolute atomic E-state index is 6.31. The van der Waals surface area contributed by atoms with E-state index in [0.717, 1.165) is 36.7 Å². The molecule has 1 aromatic heterocycles. The van der Waals surface area contributed by atoms with Crippen molar-refractivity contribution in [2.75, 3.05) is 18.0 Å². The van der Waals surface area contributed by atoms with E-state index in [2.05, 4.69) is 21.8 Å². The third-order valence-electron chi connectivity index (χ3n) is 3.22. The van der Waals surface area contributed by atoms with Gasteiger partial charge in [0, 0.05) is 19.3 Å². The Bertz CT molecular complexity index is 381. The Balaban J connectivity index is 2.21. The lowest BCUT2D eigenvalue weighted by molar-refractivity contribution is 0.443. The van der Waals surface area contributed by atoms with Gasteiger partial charge in [-0.25, -0.2) is 4.98 Å². The maximum atomic E-state index is 6.31. The first kappa shape index (κ1) is 11.6. The van der Waals surface area contributed by atoms with Gasteiger partial charge in [-0.15, -0.1) is 11.6 Å². The van der Waals surface area contributed by atoms with Gasteiger partial charge in [-0.3, -0.25) is 4.98 Å². The van der Waals surface area contributed by atoms with Crippen LogP contribution in [0.4, 0.5) is 5.82 Å². The molecule has 0 aliphatic carbocycles. The highest BCUT2D eigenvalue weighted by Gasteiger charge is 2.26. The molecule has 16 heavy (non-hydrogen) atoms. The summed E-state index contributed by atoms with van der Waals surface area (Å²) in [5.74, 6) is 1.59. The maximum Gasteiger partial charge on any atom is 0.150 e. The van der Waals surface area contributed by atoms with Gasteiger partial charge >= 0.3 is 0 Å². The van der Waals surface area contributed by atoms with Gasteiger partial charge in [-0.1, -0.05) is 6.92 Å². The van der Waals surface area contributed by atoms with Crippen molar-refractivity contribution in [1.82, 2.24) is 9.97 Å². The summed E-state index contributed by atoms with van der Waals surface area (Å²) in [6, 6.07) is 0. The SMILES string of the molecule is Cc1cnc(C)c(N2CCC(C)C(Cl)C2)n1. The molecule has 0 radical (unpaired) electrons. The average molecular weight is 240 g/mol. The number of rotatable bonds is 1. The fraction of sp³-hybridized carbons (Fsp3) is 0.667. The monoisotopic (exact) mass is 239 g/mol. The summed E-state index contributed by atoms with van der Waals surface area (Å²) in [6.07, 6.45) is 2.94. The van der Waals surface area contributed by atoms with E-state index in [4.69, 9.17) is 11.6 Å². The third kappa shape index (κ3) is 2.29. The predicted molar refractivity (Wildman–Crippen MR) is 67.1 cm³/mol. The highest BCUT2D eigenvalue weighted by Crippen LogP contribution is 2.26. The molecule has 88 valence electrons. The van der Waals surface area contributed by atoms with Gasteiger partial charge in [0.1, 0.15) is 5.82 Å². The van der Waals surface area contributed by atoms with Crippen LogP contribution in [0, 0.1) is 19.8 Å². The number of anilines is 1. The van der Waals surface area contributed by atoms with E-state index in [0.29, 0.717) is 5.92 Å². The number of piperidine rings is 1. The topological polar surface area (TPSA) is 29.0 Å². The van der Waals surface area contributed by atoms with Crippen LogP contribution >= 0.6 is 11.6 Å². The predicted octanol–water partition coefficient (Wildman–Crippen LogP) is 2.55. The second kappa shape index (κ2) is 4.58. The van der Waals surface area contributed by atoms with Crippen LogP contribution in [0.2, 0.25) is 0 Å². The molecule has 4 heteroatoms. The molecular formula is C12H18ClN3. The molecule has 1 aliphatic heterocycles. The third-order valence-corrected chi connectivity index (χ3v) is 3.79. The van der Waals surface area contributed by atoms with Crippen molar-refractivity contribution in [2.24, 2.45) is 5.92 Å². The molecule has 3 nitrogen and oxygen atoms in total. The second-order valence-corrected chi connectivity index (χ2v) is 5.21. The van der Waals surface area contributed by atoms with E-state index in [1.165, 1.54) is 0 Å². The molecule has 0 amide bonds. The number of hydrogen-bond acceptors (Lipinski definition) is 3. The number of halogens is 1. The van der Waals surface area contributed by atoms with Crippen molar-refractivity contribution in [3.8, 4) is 0 Å². The average Bonchev–Trinajstić information content (AvgIpc) is 2.26. The normalized spacial score (nSPS) is 25.9. The number of aryl methyl sites for hydroxylation is 2. The first-order chi connectivity index (χ1) is 7.58. The molecule has 2 heterocycles. The van der Waals surface area contributed by atoms with Crippen LogP contribution in [0.5, 0.6) is 0 Å². The van der Waals surface area contributed by atoms with Crippen molar-refractivity contribution in [1.29, 1.82) is 0 Å². The van der Waals surface area contributed by atoms with Gasteiger partial charge in [0.2, 0.25) is 0 Å². The van der Waals surface area contributed by atoms with Crippen LogP contribution in [0.15, 0.2) is 6.20 Å². The molecule has 2 rings (SSSR count). The molecule has 0 bridgehead atoms. The minimum absolute atomic E-state index is 0.218. The number of alkyl halides is 1. The number of aromatic nitrogens is 2. The van der Waals surface area contributed by atoms with Gasteiger partial charge < -0.3 is 4.90 Å². The van der Waals surface area contributed by atoms with E-state index >= 15 is 0 Å². The zero-order valence-corrected chi connectivity index (χ0v) is 10.8. The van der Waals surface area contributed by atoms with Gasteiger partial charge in [0.05, 0.1) is 16.8 Å². The van der Waals surface area contributed by atoms with Crippen LogP contribution in [0.1, 0.15) is 24.7 Å². The molecule has 2 atom stereocenters. The summed E-state index contributed by atoms with van der Waals surface area (Å²) in [6.45, 7) is 8.10. The van der Waals surface area contributed by atoms with Crippen molar-refractivity contribution >= 4 is 17.4 Å². The van der Waals surface area contributed by atoms with Crippen LogP contribution in [0.25, 0.3) is 0 Å². The van der Waals surface area contributed by atoms with Gasteiger partial charge in [-0.2, -0.15) is 0 Å². The van der Waals surface area contributed by atoms with Crippen molar-refractivity contribution < 1.29 is 0 Å². The summed E-state index contributed by atoms with van der Waals surface area (Å²) in [5.41, 5.74) is 1.95. The van der Waals surface area contributed by atoms with Crippen molar-refractivity contribution in [3.63, 3.8) is 0 Å². The molecule has 1 fully saturated rings. The van der Waals surface area contributed by atoms with Crippen LogP contribution in [0.3, 0.4) is 0 Å². The molecule has 1 aliphatic rings. The lowest BCUT2D eigenvalue weighted by Gasteiger charge is -2.35. The Morgan fingerprint density at radius 2 is 2.19 bits per heavy atom. The molecule has 0 N–H and O–H groups in total. The summed E-state index contributed by atoms with van der Waals surface area (Å²) >= 11 is 6.31. The molecule has 2 unspecified atom stereocenters. The van der Waals surface area contributed by atoms with Crippen LogP contribution in [-0.2, 0) is 0 Å². The Morgan fingerprint density at radius 3 is 2.88 bits per heavy atom. The minimum atomic E-state index is 0.218. The van der Waals surface area contributed by atoms with Gasteiger partial charge in [0.25, 0.3) is 0 Å². The van der Waals surface area contributed by atoms with Crippen molar-refractivity contribution in [3.05, 3.63) is 17.6 Å². The molecule has 0 saturated carbocycles. The standard InChI is InChI=1S/C12H18ClN3/c1-8-4-5-16(7-11(8)13)12-10(3)14-6-9(2)15-12/h6,8,11H,4-5,7H2,1-3H3. The Labute approximate surface area is 102 Å². The fourth-order valence-corrected chi connectivity index (χ4v) is 2.33. The van der Waals surface area contributed by atoms with E-state index < -0.39 is 0 Å². The highest BCUT2D eigenvalue weighted by molar-refractivity contribution is 6.21. The largest absolute Gasteiger partial charge is 0.354 e. The van der Waals surface area contributed by atoms with Gasteiger partial charge in [-0.05, 0) is 26.2 Å². The Hall–Kier alpha value is -0.830. The molecule has 0 aromatic carbocycles. The molecule has 1 aromatic rings. The minimum Gasteiger partial charge on any atom is -0.354 e. The van der Waals surface area contributed by atoms with Crippen LogP contribution in [-0.4, -0.2) is 28.4 Å².